The van der Waals surface area contributed by atoms with Crippen molar-refractivity contribution in [3.63, 3.8) is 0 Å². The monoisotopic (exact) mass is 407 g/mol. The fraction of sp³-hybridized carbons (Fsp3) is 0.400. The van der Waals surface area contributed by atoms with Gasteiger partial charge in [0, 0.05) is 31.7 Å². The number of rotatable bonds is 3. The molecule has 1 heterocycles. The third-order valence-electron chi connectivity index (χ3n) is 4.29. The van der Waals surface area contributed by atoms with E-state index in [1.807, 2.05) is 13.8 Å². The van der Waals surface area contributed by atoms with E-state index in [0.29, 0.717) is 36.2 Å². The van der Waals surface area contributed by atoms with Crippen LogP contribution in [0.25, 0.3) is 0 Å². The molecule has 27 heavy (non-hydrogen) atoms. The summed E-state index contributed by atoms with van der Waals surface area (Å²) in [6.45, 7) is 9.44. The van der Waals surface area contributed by atoms with Crippen molar-refractivity contribution < 1.29 is 9.59 Å². The molecule has 1 saturated heterocycles. The van der Waals surface area contributed by atoms with Crippen molar-refractivity contribution in [3.8, 4) is 11.8 Å². The molecule has 1 unspecified atom stereocenters. The number of halogens is 2. The Bertz CT molecular complexity index is 775. The average molecular weight is 408 g/mol. The maximum atomic E-state index is 12.6. The smallest absolute Gasteiger partial charge is 0.318 e. The Morgan fingerprint density at radius 1 is 1.15 bits per heavy atom. The van der Waals surface area contributed by atoms with Gasteiger partial charge in [0.05, 0.1) is 16.1 Å². The van der Waals surface area contributed by atoms with Crippen LogP contribution < -0.4 is 5.32 Å². The van der Waals surface area contributed by atoms with Gasteiger partial charge >= 0.3 is 6.03 Å². The minimum Gasteiger partial charge on any atom is -0.336 e. The molecule has 2 rings (SSSR count). The van der Waals surface area contributed by atoms with Crippen LogP contribution in [0, 0.1) is 17.8 Å². The summed E-state index contributed by atoms with van der Waals surface area (Å²) in [6.07, 6.45) is 1.29. The Labute approximate surface area is 170 Å². The maximum Gasteiger partial charge on any atom is 0.318 e. The van der Waals surface area contributed by atoms with Crippen LogP contribution in [0.4, 0.5) is 4.79 Å². The molecule has 1 aromatic rings. The van der Waals surface area contributed by atoms with Gasteiger partial charge in [0.15, 0.2) is 0 Å². The average Bonchev–Trinajstić information content (AvgIpc) is 2.66. The van der Waals surface area contributed by atoms with E-state index >= 15 is 0 Å². The third-order valence-corrected chi connectivity index (χ3v) is 5.03. The van der Waals surface area contributed by atoms with E-state index in [2.05, 4.69) is 23.7 Å². The molecule has 0 spiro atoms. The number of urea groups is 1. The van der Waals surface area contributed by atoms with Gasteiger partial charge in [-0.05, 0) is 30.2 Å². The van der Waals surface area contributed by atoms with Crippen LogP contribution >= 0.6 is 23.2 Å². The number of hydrogen-bond donors (Lipinski definition) is 1. The van der Waals surface area contributed by atoms with E-state index < -0.39 is 0 Å². The van der Waals surface area contributed by atoms with Gasteiger partial charge < -0.3 is 15.1 Å². The first-order chi connectivity index (χ1) is 12.8. The summed E-state index contributed by atoms with van der Waals surface area (Å²) in [5.74, 6) is 6.17. The summed E-state index contributed by atoms with van der Waals surface area (Å²) in [7, 11) is 0. The highest BCUT2D eigenvalue weighted by atomic mass is 35.5. The Morgan fingerprint density at radius 3 is 2.33 bits per heavy atom. The molecule has 1 N–H and O–H groups in total. The highest BCUT2D eigenvalue weighted by molar-refractivity contribution is 6.42. The molecule has 5 nitrogen and oxygen atoms in total. The molecule has 0 saturated carbocycles. The lowest BCUT2D eigenvalue weighted by Gasteiger charge is -2.35. The second kappa shape index (κ2) is 9.68. The van der Waals surface area contributed by atoms with Crippen molar-refractivity contribution in [3.05, 3.63) is 46.5 Å². The minimum atomic E-state index is -0.306. The molecule has 144 valence electrons. The highest BCUT2D eigenvalue weighted by Crippen LogP contribution is 2.22. The van der Waals surface area contributed by atoms with Crippen molar-refractivity contribution in [2.24, 2.45) is 5.92 Å². The van der Waals surface area contributed by atoms with Crippen molar-refractivity contribution in [1.29, 1.82) is 0 Å². The largest absolute Gasteiger partial charge is 0.336 e. The molecular formula is C20H23Cl2N3O2. The summed E-state index contributed by atoms with van der Waals surface area (Å²) >= 11 is 11.9. The van der Waals surface area contributed by atoms with Gasteiger partial charge in [-0.15, -0.1) is 0 Å². The molecular weight excluding hydrogens is 385 g/mol. The first kappa shape index (κ1) is 21.1. The van der Waals surface area contributed by atoms with E-state index in [0.717, 1.165) is 5.56 Å². The summed E-state index contributed by atoms with van der Waals surface area (Å²) in [4.78, 5) is 27.6. The molecule has 1 atom stereocenters. The lowest BCUT2D eigenvalue weighted by atomic mass is 10.0. The molecule has 0 aromatic heterocycles. The number of nitrogens with zero attached hydrogens (tertiary/aromatic N) is 2. The Morgan fingerprint density at radius 2 is 1.78 bits per heavy atom. The number of benzene rings is 1. The summed E-state index contributed by atoms with van der Waals surface area (Å²) in [5, 5.41) is 3.89. The number of hydrogen-bond acceptors (Lipinski definition) is 2. The molecule has 1 aliphatic heterocycles. The van der Waals surface area contributed by atoms with Crippen molar-refractivity contribution in [1.82, 2.24) is 15.1 Å². The zero-order valence-electron chi connectivity index (χ0n) is 15.5. The number of carbonyl (C=O) groups excluding carboxylic acids is 2. The van der Waals surface area contributed by atoms with Gasteiger partial charge in [-0.1, -0.05) is 55.5 Å². The molecule has 7 heteroatoms. The predicted molar refractivity (Wildman–Crippen MR) is 109 cm³/mol. The van der Waals surface area contributed by atoms with E-state index in [9.17, 15) is 9.59 Å². The standard InChI is InChI=1S/C20H23Cl2N3O2/c1-4-19(26)24-9-11-25(12-10-24)20(27)23-18(14(2)3)8-6-15-5-7-16(21)17(22)13-15/h4-5,7,13-14,18H,1,9-12H2,2-3H3,(H,23,27). The quantitative estimate of drug-likeness (QED) is 0.616. The van der Waals surface area contributed by atoms with Crippen LogP contribution in [-0.4, -0.2) is 54.0 Å². The lowest BCUT2D eigenvalue weighted by molar-refractivity contribution is -0.127. The molecule has 1 aliphatic rings. The number of amides is 3. The first-order valence-corrected chi connectivity index (χ1v) is 9.50. The normalized spacial score (nSPS) is 15.0. The number of piperazine rings is 1. The van der Waals surface area contributed by atoms with Crippen molar-refractivity contribution >= 4 is 35.1 Å². The number of nitrogens with one attached hydrogen (secondary N) is 1. The van der Waals surface area contributed by atoms with Crippen LogP contribution in [0.5, 0.6) is 0 Å². The molecule has 0 aliphatic carbocycles. The van der Waals surface area contributed by atoms with E-state index in [1.165, 1.54) is 6.08 Å². The number of carbonyl (C=O) groups is 2. The Kier molecular flexibility index (Phi) is 7.58. The molecule has 0 radical (unpaired) electrons. The van der Waals surface area contributed by atoms with Crippen molar-refractivity contribution in [2.75, 3.05) is 26.2 Å². The van der Waals surface area contributed by atoms with Crippen LogP contribution in [0.2, 0.25) is 10.0 Å². The van der Waals surface area contributed by atoms with Gasteiger partial charge in [0.1, 0.15) is 0 Å². The lowest BCUT2D eigenvalue weighted by Crippen LogP contribution is -2.54. The Hall–Kier alpha value is -2.16. The second-order valence-corrected chi connectivity index (χ2v) is 7.40. The van der Waals surface area contributed by atoms with Gasteiger partial charge in [0.2, 0.25) is 5.91 Å². The SMILES string of the molecule is C=CC(=O)N1CCN(C(=O)NC(C#Cc2ccc(Cl)c(Cl)c2)C(C)C)CC1. The predicted octanol–water partition coefficient (Wildman–Crippen LogP) is 3.41. The van der Waals surface area contributed by atoms with E-state index in [-0.39, 0.29) is 23.9 Å². The highest BCUT2D eigenvalue weighted by Gasteiger charge is 2.24. The van der Waals surface area contributed by atoms with Gasteiger partial charge in [-0.2, -0.15) is 0 Å². The topological polar surface area (TPSA) is 52.7 Å². The fourth-order valence-corrected chi connectivity index (χ4v) is 2.89. The zero-order valence-corrected chi connectivity index (χ0v) is 17.0. The summed E-state index contributed by atoms with van der Waals surface area (Å²) in [6, 6.07) is 4.70. The molecule has 3 amide bonds. The van der Waals surface area contributed by atoms with Crippen LogP contribution in [0.3, 0.4) is 0 Å². The Balaban J connectivity index is 1.99. The van der Waals surface area contributed by atoms with E-state index in [4.69, 9.17) is 23.2 Å². The molecule has 1 fully saturated rings. The van der Waals surface area contributed by atoms with Gasteiger partial charge in [0.25, 0.3) is 0 Å². The third kappa shape index (κ3) is 5.92. The zero-order chi connectivity index (χ0) is 20.0. The van der Waals surface area contributed by atoms with Gasteiger partial charge in [-0.25, -0.2) is 4.79 Å². The van der Waals surface area contributed by atoms with Crippen LogP contribution in [0.15, 0.2) is 30.9 Å². The maximum absolute atomic E-state index is 12.6. The van der Waals surface area contributed by atoms with Crippen molar-refractivity contribution in [2.45, 2.75) is 19.9 Å². The summed E-state index contributed by atoms with van der Waals surface area (Å²) < 4.78 is 0. The first-order valence-electron chi connectivity index (χ1n) is 8.75. The van der Waals surface area contributed by atoms with E-state index in [1.54, 1.807) is 28.0 Å². The molecule has 1 aromatic carbocycles. The summed E-state index contributed by atoms with van der Waals surface area (Å²) in [5.41, 5.74) is 0.737. The second-order valence-electron chi connectivity index (χ2n) is 6.59. The fourth-order valence-electron chi connectivity index (χ4n) is 2.59. The van der Waals surface area contributed by atoms with Gasteiger partial charge in [-0.3, -0.25) is 4.79 Å². The molecule has 0 bridgehead atoms. The van der Waals surface area contributed by atoms with Crippen LogP contribution in [0.1, 0.15) is 19.4 Å². The minimum absolute atomic E-state index is 0.109. The van der Waals surface area contributed by atoms with Crippen LogP contribution in [-0.2, 0) is 4.79 Å².